The van der Waals surface area contributed by atoms with Crippen LogP contribution in [0, 0.1) is 11.7 Å². The Morgan fingerprint density at radius 3 is 2.66 bits per heavy atom. The first-order valence-electron chi connectivity index (χ1n) is 11.1. The monoisotopic (exact) mass is 433 g/mol. The Balaban J connectivity index is 1.49. The number of carbonyl (C=O) groups is 2. The Kier molecular flexibility index (Phi) is 6.40. The van der Waals surface area contributed by atoms with Crippen LogP contribution in [0.15, 0.2) is 60.8 Å². The minimum Gasteiger partial charge on any atom is -0.360 e. The molecule has 1 aromatic heterocycles. The van der Waals surface area contributed by atoms with Crippen LogP contribution in [0.3, 0.4) is 0 Å². The lowest BCUT2D eigenvalue weighted by molar-refractivity contribution is -0.134. The number of rotatable bonds is 6. The molecule has 2 atom stereocenters. The number of amides is 2. The molecule has 0 bridgehead atoms. The minimum atomic E-state index is -0.571. The van der Waals surface area contributed by atoms with Crippen LogP contribution in [-0.2, 0) is 4.79 Å². The lowest BCUT2D eigenvalue weighted by atomic mass is 9.95. The van der Waals surface area contributed by atoms with E-state index in [1.165, 1.54) is 12.1 Å². The summed E-state index contributed by atoms with van der Waals surface area (Å²) in [5.41, 5.74) is 3.49. The Labute approximate surface area is 187 Å². The summed E-state index contributed by atoms with van der Waals surface area (Å²) in [7, 11) is 0. The van der Waals surface area contributed by atoms with E-state index >= 15 is 0 Å². The second-order valence-corrected chi connectivity index (χ2v) is 8.36. The van der Waals surface area contributed by atoms with Crippen LogP contribution in [0.1, 0.15) is 42.6 Å². The fourth-order valence-corrected chi connectivity index (χ4v) is 4.17. The molecule has 1 aliphatic heterocycles. The number of carbonyl (C=O) groups excluding carboxylic acids is 2. The minimum absolute atomic E-state index is 0.0176. The molecule has 0 aliphatic carbocycles. The van der Waals surface area contributed by atoms with Crippen LogP contribution < -0.4 is 5.32 Å². The van der Waals surface area contributed by atoms with Gasteiger partial charge in [-0.2, -0.15) is 0 Å². The number of fused-ring (bicyclic) bond motifs is 1. The van der Waals surface area contributed by atoms with Crippen molar-refractivity contribution in [2.24, 2.45) is 5.92 Å². The maximum absolute atomic E-state index is 13.5. The van der Waals surface area contributed by atoms with E-state index < -0.39 is 6.04 Å². The number of aromatic nitrogens is 1. The Morgan fingerprint density at radius 2 is 1.97 bits per heavy atom. The summed E-state index contributed by atoms with van der Waals surface area (Å²) >= 11 is 0. The zero-order valence-electron chi connectivity index (χ0n) is 18.4. The van der Waals surface area contributed by atoms with Crippen molar-refractivity contribution in [1.29, 1.82) is 0 Å². The van der Waals surface area contributed by atoms with Crippen molar-refractivity contribution in [2.45, 2.75) is 32.7 Å². The van der Waals surface area contributed by atoms with Crippen LogP contribution in [0.2, 0.25) is 0 Å². The van der Waals surface area contributed by atoms with Gasteiger partial charge in [0.15, 0.2) is 0 Å². The Bertz CT molecular complexity index is 1150. The molecule has 0 saturated carbocycles. The van der Waals surface area contributed by atoms with Gasteiger partial charge in [-0.15, -0.1) is 0 Å². The number of hydrogen-bond acceptors (Lipinski definition) is 2. The van der Waals surface area contributed by atoms with E-state index in [1.54, 1.807) is 23.1 Å². The molecule has 2 amide bonds. The molecule has 2 unspecified atom stereocenters. The molecule has 2 aromatic carbocycles. The second kappa shape index (κ2) is 9.39. The van der Waals surface area contributed by atoms with E-state index in [2.05, 4.69) is 16.4 Å². The van der Waals surface area contributed by atoms with Crippen molar-refractivity contribution in [1.82, 2.24) is 15.2 Å². The van der Waals surface area contributed by atoms with Gasteiger partial charge in [0.25, 0.3) is 5.91 Å². The van der Waals surface area contributed by atoms with Gasteiger partial charge in [0.1, 0.15) is 11.9 Å². The summed E-state index contributed by atoms with van der Waals surface area (Å²) in [4.78, 5) is 31.0. The zero-order chi connectivity index (χ0) is 22.7. The number of halogens is 1. The van der Waals surface area contributed by atoms with Crippen LogP contribution in [0.25, 0.3) is 16.5 Å². The summed E-state index contributed by atoms with van der Waals surface area (Å²) < 4.78 is 13.5. The molecule has 166 valence electrons. The number of aromatic amines is 1. The molecular formula is C26H28FN3O2. The topological polar surface area (TPSA) is 65.2 Å². The molecule has 3 aromatic rings. The molecular weight excluding hydrogens is 405 g/mol. The summed E-state index contributed by atoms with van der Waals surface area (Å²) in [6, 6.07) is 13.1. The number of benzene rings is 2. The van der Waals surface area contributed by atoms with E-state index in [0.717, 1.165) is 28.5 Å². The predicted molar refractivity (Wildman–Crippen MR) is 125 cm³/mol. The molecule has 0 spiro atoms. The van der Waals surface area contributed by atoms with Crippen molar-refractivity contribution < 1.29 is 14.0 Å². The van der Waals surface area contributed by atoms with Gasteiger partial charge in [-0.25, -0.2) is 4.39 Å². The molecule has 0 fully saturated rings. The van der Waals surface area contributed by atoms with E-state index in [9.17, 15) is 14.0 Å². The highest BCUT2D eigenvalue weighted by Gasteiger charge is 2.31. The third-order valence-corrected chi connectivity index (χ3v) is 6.31. The summed E-state index contributed by atoms with van der Waals surface area (Å²) in [6.07, 6.45) is 5.44. The maximum Gasteiger partial charge on any atom is 0.251 e. The highest BCUT2D eigenvalue weighted by molar-refractivity contribution is 5.98. The van der Waals surface area contributed by atoms with Crippen LogP contribution in [0.5, 0.6) is 0 Å². The highest BCUT2D eigenvalue weighted by Crippen LogP contribution is 2.30. The quantitative estimate of drug-likeness (QED) is 0.588. The van der Waals surface area contributed by atoms with Gasteiger partial charge in [0.2, 0.25) is 5.91 Å². The van der Waals surface area contributed by atoms with Gasteiger partial charge in [0.05, 0.1) is 0 Å². The number of nitrogens with one attached hydrogen (secondary N) is 2. The van der Waals surface area contributed by atoms with Gasteiger partial charge in [-0.3, -0.25) is 9.59 Å². The number of hydrogen-bond donors (Lipinski definition) is 2. The first kappa shape index (κ1) is 21.8. The SMILES string of the molecule is CCC(C)C(NC(=O)c1ccccc1)C(=O)N1CC=C(c2c[nH]c3cc(F)ccc23)CC1. The molecule has 0 radical (unpaired) electrons. The van der Waals surface area contributed by atoms with E-state index in [1.807, 2.05) is 38.2 Å². The smallest absolute Gasteiger partial charge is 0.251 e. The number of H-pyrrole nitrogens is 1. The second-order valence-electron chi connectivity index (χ2n) is 8.36. The highest BCUT2D eigenvalue weighted by atomic mass is 19.1. The van der Waals surface area contributed by atoms with Crippen molar-refractivity contribution in [3.05, 3.63) is 77.7 Å². The molecule has 6 heteroatoms. The standard InChI is InChI=1S/C26H28FN3O2/c1-3-17(2)24(29-25(31)19-7-5-4-6-8-19)26(32)30-13-11-18(12-14-30)22-16-28-23-15-20(27)9-10-21(22)23/h4-11,15-17,24,28H,3,12-14H2,1-2H3,(H,29,31). The zero-order valence-corrected chi connectivity index (χ0v) is 18.4. The average Bonchev–Trinajstić information content (AvgIpc) is 3.25. The largest absolute Gasteiger partial charge is 0.360 e. The third-order valence-electron chi connectivity index (χ3n) is 6.31. The van der Waals surface area contributed by atoms with Gasteiger partial charge >= 0.3 is 0 Å². The van der Waals surface area contributed by atoms with E-state index in [4.69, 9.17) is 0 Å². The van der Waals surface area contributed by atoms with Gasteiger partial charge < -0.3 is 15.2 Å². The van der Waals surface area contributed by atoms with Crippen molar-refractivity contribution in [3.63, 3.8) is 0 Å². The molecule has 5 nitrogen and oxygen atoms in total. The summed E-state index contributed by atoms with van der Waals surface area (Å²) in [5.74, 6) is -0.540. The Morgan fingerprint density at radius 1 is 1.19 bits per heavy atom. The van der Waals surface area contributed by atoms with Crippen molar-refractivity contribution >= 4 is 28.3 Å². The first-order chi connectivity index (χ1) is 15.5. The normalized spacial score (nSPS) is 15.8. The lowest BCUT2D eigenvalue weighted by Crippen LogP contribution is -2.52. The van der Waals surface area contributed by atoms with E-state index in [-0.39, 0.29) is 23.5 Å². The molecule has 1 aliphatic rings. The fraction of sp³-hybridized carbons (Fsp3) is 0.308. The Hall–Kier alpha value is -3.41. The fourth-order valence-electron chi connectivity index (χ4n) is 4.17. The summed E-state index contributed by atoms with van der Waals surface area (Å²) in [6.45, 7) is 5.07. The molecule has 32 heavy (non-hydrogen) atoms. The number of nitrogens with zero attached hydrogens (tertiary/aromatic N) is 1. The van der Waals surface area contributed by atoms with Crippen molar-refractivity contribution in [3.8, 4) is 0 Å². The van der Waals surface area contributed by atoms with Crippen LogP contribution >= 0.6 is 0 Å². The maximum atomic E-state index is 13.5. The van der Waals surface area contributed by atoms with Gasteiger partial charge in [-0.1, -0.05) is 44.5 Å². The van der Waals surface area contributed by atoms with Gasteiger partial charge in [0, 0.05) is 41.3 Å². The summed E-state index contributed by atoms with van der Waals surface area (Å²) in [5, 5.41) is 3.93. The predicted octanol–water partition coefficient (Wildman–Crippen LogP) is 4.77. The first-order valence-corrected chi connectivity index (χ1v) is 11.1. The van der Waals surface area contributed by atoms with Crippen LogP contribution in [-0.4, -0.2) is 40.8 Å². The molecule has 2 heterocycles. The van der Waals surface area contributed by atoms with Gasteiger partial charge in [-0.05, 0) is 48.2 Å². The van der Waals surface area contributed by atoms with Crippen LogP contribution in [0.4, 0.5) is 4.39 Å². The molecule has 2 N–H and O–H groups in total. The lowest BCUT2D eigenvalue weighted by Gasteiger charge is -2.32. The average molecular weight is 434 g/mol. The van der Waals surface area contributed by atoms with E-state index in [0.29, 0.717) is 25.1 Å². The molecule has 0 saturated heterocycles. The third kappa shape index (κ3) is 4.44. The molecule has 4 rings (SSSR count). The van der Waals surface area contributed by atoms with Crippen molar-refractivity contribution in [2.75, 3.05) is 13.1 Å².